The van der Waals surface area contributed by atoms with Crippen LogP contribution in [0.1, 0.15) is 10.5 Å². The van der Waals surface area contributed by atoms with Crippen LogP contribution in [-0.4, -0.2) is 23.0 Å². The maximum absolute atomic E-state index is 12.9. The summed E-state index contributed by atoms with van der Waals surface area (Å²) in [5.41, 5.74) is 5.71. The lowest BCUT2D eigenvalue weighted by Gasteiger charge is -2.07. The van der Waals surface area contributed by atoms with Crippen molar-refractivity contribution in [1.82, 2.24) is 9.97 Å². The number of nitrogens with two attached hydrogens (primary N) is 1. The summed E-state index contributed by atoms with van der Waals surface area (Å²) >= 11 is 0. The largest absolute Gasteiger partial charge is 0.464 e. The van der Waals surface area contributed by atoms with Crippen molar-refractivity contribution in [2.24, 2.45) is 0 Å². The number of halogens is 1. The zero-order valence-electron chi connectivity index (χ0n) is 9.96. The highest BCUT2D eigenvalue weighted by atomic mass is 19.1. The van der Waals surface area contributed by atoms with Gasteiger partial charge in [0.25, 0.3) is 0 Å². The molecule has 0 radical (unpaired) electrons. The van der Waals surface area contributed by atoms with E-state index in [-0.39, 0.29) is 23.0 Å². The van der Waals surface area contributed by atoms with Gasteiger partial charge in [-0.2, -0.15) is 0 Å². The lowest BCUT2D eigenvalue weighted by atomic mass is 10.3. The molecule has 7 heteroatoms. The van der Waals surface area contributed by atoms with Crippen LogP contribution >= 0.6 is 0 Å². The minimum atomic E-state index is -0.634. The molecule has 2 rings (SSSR count). The molecule has 0 aliphatic rings. The standard InChI is InChI=1S/C12H10FN3O3/c1-18-12(17)9-5-15-6-11(16-9)19-10-3-2-7(13)4-8(10)14/h2-6H,14H2,1H3. The van der Waals surface area contributed by atoms with E-state index in [4.69, 9.17) is 10.5 Å². The number of hydrogen-bond acceptors (Lipinski definition) is 6. The summed E-state index contributed by atoms with van der Waals surface area (Å²) < 4.78 is 22.7. The highest BCUT2D eigenvalue weighted by molar-refractivity contribution is 5.86. The van der Waals surface area contributed by atoms with Crippen molar-refractivity contribution in [3.63, 3.8) is 0 Å². The number of nitrogens with zero attached hydrogens (tertiary/aromatic N) is 2. The Morgan fingerprint density at radius 1 is 1.37 bits per heavy atom. The zero-order chi connectivity index (χ0) is 13.8. The number of methoxy groups -OCH3 is 1. The van der Waals surface area contributed by atoms with E-state index >= 15 is 0 Å². The number of rotatable bonds is 3. The van der Waals surface area contributed by atoms with Crippen molar-refractivity contribution < 1.29 is 18.7 Å². The second-order valence-electron chi connectivity index (χ2n) is 3.52. The number of anilines is 1. The predicted octanol–water partition coefficient (Wildman–Crippen LogP) is 1.78. The Balaban J connectivity index is 2.26. The molecule has 0 atom stereocenters. The monoisotopic (exact) mass is 263 g/mol. The number of aromatic nitrogens is 2. The number of hydrogen-bond donors (Lipinski definition) is 1. The fourth-order valence-corrected chi connectivity index (χ4v) is 1.33. The zero-order valence-corrected chi connectivity index (χ0v) is 9.96. The molecule has 1 aromatic carbocycles. The van der Waals surface area contributed by atoms with Crippen LogP contribution in [0.4, 0.5) is 10.1 Å². The molecule has 0 aliphatic heterocycles. The molecule has 0 saturated heterocycles. The molecule has 98 valence electrons. The van der Waals surface area contributed by atoms with Gasteiger partial charge in [-0.25, -0.2) is 14.2 Å². The van der Waals surface area contributed by atoms with Gasteiger partial charge in [-0.1, -0.05) is 0 Å². The van der Waals surface area contributed by atoms with Crippen LogP contribution in [0.3, 0.4) is 0 Å². The van der Waals surface area contributed by atoms with E-state index in [2.05, 4.69) is 14.7 Å². The van der Waals surface area contributed by atoms with Crippen LogP contribution in [-0.2, 0) is 4.74 Å². The van der Waals surface area contributed by atoms with E-state index in [1.165, 1.54) is 31.6 Å². The van der Waals surface area contributed by atoms with Crippen molar-refractivity contribution in [3.8, 4) is 11.6 Å². The first-order valence-corrected chi connectivity index (χ1v) is 5.23. The molecule has 2 N–H and O–H groups in total. The van der Waals surface area contributed by atoms with Gasteiger partial charge in [-0.15, -0.1) is 0 Å². The number of carbonyl (C=O) groups excluding carboxylic acids is 1. The predicted molar refractivity (Wildman–Crippen MR) is 64.3 cm³/mol. The summed E-state index contributed by atoms with van der Waals surface area (Å²) in [6.07, 6.45) is 2.54. The van der Waals surface area contributed by atoms with E-state index < -0.39 is 11.8 Å². The van der Waals surface area contributed by atoms with Gasteiger partial charge >= 0.3 is 5.97 Å². The van der Waals surface area contributed by atoms with Gasteiger partial charge in [0.2, 0.25) is 5.88 Å². The SMILES string of the molecule is COC(=O)c1cncc(Oc2ccc(F)cc2N)n1. The molecule has 0 spiro atoms. The van der Waals surface area contributed by atoms with Crippen LogP contribution in [0.2, 0.25) is 0 Å². The molecule has 0 saturated carbocycles. The minimum absolute atomic E-state index is 0.000633. The third-order valence-corrected chi connectivity index (χ3v) is 2.19. The van der Waals surface area contributed by atoms with Gasteiger partial charge in [0, 0.05) is 6.07 Å². The second kappa shape index (κ2) is 5.30. The van der Waals surface area contributed by atoms with Gasteiger partial charge in [0.15, 0.2) is 11.4 Å². The Bertz CT molecular complexity index is 619. The highest BCUT2D eigenvalue weighted by Gasteiger charge is 2.10. The van der Waals surface area contributed by atoms with Crippen LogP contribution in [0.25, 0.3) is 0 Å². The molecule has 2 aromatic rings. The number of benzene rings is 1. The molecule has 0 aliphatic carbocycles. The van der Waals surface area contributed by atoms with E-state index in [1.807, 2.05) is 0 Å². The summed E-state index contributed by atoms with van der Waals surface area (Å²) in [5.74, 6) is -0.830. The summed E-state index contributed by atoms with van der Waals surface area (Å²) in [4.78, 5) is 19.0. The Labute approximate surface area is 108 Å². The van der Waals surface area contributed by atoms with Crippen molar-refractivity contribution in [2.75, 3.05) is 12.8 Å². The molecule has 0 fully saturated rings. The summed E-state index contributed by atoms with van der Waals surface area (Å²) in [6.45, 7) is 0. The van der Waals surface area contributed by atoms with Gasteiger partial charge in [0.1, 0.15) is 5.82 Å². The lowest BCUT2D eigenvalue weighted by Crippen LogP contribution is -2.05. The first-order valence-electron chi connectivity index (χ1n) is 5.23. The van der Waals surface area contributed by atoms with Gasteiger partial charge < -0.3 is 15.2 Å². The number of ether oxygens (including phenoxy) is 2. The Morgan fingerprint density at radius 2 is 2.16 bits per heavy atom. The molecule has 6 nitrogen and oxygen atoms in total. The lowest BCUT2D eigenvalue weighted by molar-refractivity contribution is 0.0592. The average molecular weight is 263 g/mol. The topological polar surface area (TPSA) is 87.3 Å². The molecule has 0 bridgehead atoms. The third-order valence-electron chi connectivity index (χ3n) is 2.19. The average Bonchev–Trinajstić information content (AvgIpc) is 2.41. The molecular formula is C12H10FN3O3. The van der Waals surface area contributed by atoms with E-state index in [9.17, 15) is 9.18 Å². The number of carbonyl (C=O) groups is 1. The Morgan fingerprint density at radius 3 is 2.84 bits per heavy atom. The van der Waals surface area contributed by atoms with E-state index in [0.29, 0.717) is 0 Å². The van der Waals surface area contributed by atoms with E-state index in [0.717, 1.165) is 6.07 Å². The van der Waals surface area contributed by atoms with Crippen molar-refractivity contribution in [2.45, 2.75) is 0 Å². The van der Waals surface area contributed by atoms with Gasteiger partial charge in [-0.05, 0) is 12.1 Å². The van der Waals surface area contributed by atoms with Crippen molar-refractivity contribution in [1.29, 1.82) is 0 Å². The Hall–Kier alpha value is -2.70. The highest BCUT2D eigenvalue weighted by Crippen LogP contribution is 2.26. The molecular weight excluding hydrogens is 253 g/mol. The third kappa shape index (κ3) is 2.95. The van der Waals surface area contributed by atoms with Crippen LogP contribution in [0.15, 0.2) is 30.6 Å². The number of nitrogen functional groups attached to an aromatic ring is 1. The summed E-state index contributed by atoms with van der Waals surface area (Å²) in [6, 6.07) is 3.67. The maximum Gasteiger partial charge on any atom is 0.358 e. The van der Waals surface area contributed by atoms with Crippen LogP contribution < -0.4 is 10.5 Å². The van der Waals surface area contributed by atoms with Crippen molar-refractivity contribution >= 4 is 11.7 Å². The fourth-order valence-electron chi connectivity index (χ4n) is 1.33. The van der Waals surface area contributed by atoms with E-state index in [1.54, 1.807) is 0 Å². The molecule has 1 aromatic heterocycles. The quantitative estimate of drug-likeness (QED) is 0.670. The van der Waals surface area contributed by atoms with Gasteiger partial charge in [-0.3, -0.25) is 4.98 Å². The Kier molecular flexibility index (Phi) is 3.56. The minimum Gasteiger partial charge on any atom is -0.464 e. The summed E-state index contributed by atoms with van der Waals surface area (Å²) in [5, 5.41) is 0. The second-order valence-corrected chi connectivity index (χ2v) is 3.52. The number of esters is 1. The molecule has 1 heterocycles. The van der Waals surface area contributed by atoms with Gasteiger partial charge in [0.05, 0.1) is 25.2 Å². The summed E-state index contributed by atoms with van der Waals surface area (Å²) in [7, 11) is 1.23. The first-order chi connectivity index (χ1) is 9.10. The molecule has 0 amide bonds. The normalized spacial score (nSPS) is 10.0. The van der Waals surface area contributed by atoms with Crippen molar-refractivity contribution in [3.05, 3.63) is 42.1 Å². The molecule has 0 unspecified atom stereocenters. The first kappa shape index (κ1) is 12.7. The smallest absolute Gasteiger partial charge is 0.358 e. The fraction of sp³-hybridized carbons (Fsp3) is 0.0833. The van der Waals surface area contributed by atoms with Crippen LogP contribution in [0.5, 0.6) is 11.6 Å². The van der Waals surface area contributed by atoms with Crippen LogP contribution in [0, 0.1) is 5.82 Å². The molecule has 19 heavy (non-hydrogen) atoms. The maximum atomic E-state index is 12.9.